The molecule has 2 fully saturated rings. The molecule has 0 unspecified atom stereocenters. The number of ketones is 1. The van der Waals surface area contributed by atoms with Gasteiger partial charge in [-0.1, -0.05) is 48.5 Å². The molecule has 4 rings (SSSR count). The van der Waals surface area contributed by atoms with Crippen molar-refractivity contribution in [2.24, 2.45) is 5.92 Å². The lowest BCUT2D eigenvalue weighted by atomic mass is 9.75. The third-order valence-electron chi connectivity index (χ3n) is 7.21. The van der Waals surface area contributed by atoms with Crippen molar-refractivity contribution in [2.45, 2.75) is 31.1 Å². The number of hydrogen-bond acceptors (Lipinski definition) is 6. The summed E-state index contributed by atoms with van der Waals surface area (Å²) in [6.45, 7) is 1.14. The van der Waals surface area contributed by atoms with Gasteiger partial charge in [-0.25, -0.2) is 0 Å². The Balaban J connectivity index is 1.61. The fraction of sp³-hybridized carbons (Fsp3) is 0.429. The number of Topliss-reactive ketones (excluding diaryl/α,β-unsaturated/α-hetero) is 1. The Hall–Kier alpha value is -3.52. The van der Waals surface area contributed by atoms with Crippen molar-refractivity contribution in [1.29, 1.82) is 0 Å². The third-order valence-corrected chi connectivity index (χ3v) is 7.21. The van der Waals surface area contributed by atoms with Gasteiger partial charge in [0, 0.05) is 50.1 Å². The third kappa shape index (κ3) is 4.91. The molecule has 0 bridgehead atoms. The van der Waals surface area contributed by atoms with E-state index in [0.717, 1.165) is 0 Å². The fourth-order valence-corrected chi connectivity index (χ4v) is 5.32. The van der Waals surface area contributed by atoms with Crippen LogP contribution in [0.3, 0.4) is 0 Å². The van der Waals surface area contributed by atoms with Gasteiger partial charge in [0.2, 0.25) is 17.7 Å². The highest BCUT2D eigenvalue weighted by molar-refractivity contribution is 6.11. The summed E-state index contributed by atoms with van der Waals surface area (Å²) < 4.78 is 10.6. The predicted molar refractivity (Wildman–Crippen MR) is 133 cm³/mol. The maximum Gasteiger partial charge on any atom is 0.241 e. The molecule has 0 aliphatic carbocycles. The summed E-state index contributed by atoms with van der Waals surface area (Å²) in [6.07, 6.45) is 1.11. The number of methoxy groups -OCH3 is 2. The molecule has 0 saturated carbocycles. The number of carbonyl (C=O) groups excluding carboxylic acids is 4. The van der Waals surface area contributed by atoms with Crippen LogP contribution in [0.4, 0.5) is 0 Å². The standard InChI is InChI=1S/C28H32N2O6/c1-35-16-15-30-25(32)18-28(27(30)34,22-12-6-7-13-23(22)36-2)17-24(31)29-14-8-11-21(19-29)26(33)20-9-4-3-5-10-20/h3-7,9-10,12-13,21H,8,11,14-19H2,1-2H3/t21-,28-/m1/s1. The molecule has 2 aromatic rings. The van der Waals surface area contributed by atoms with Gasteiger partial charge in [-0.05, 0) is 18.9 Å². The van der Waals surface area contributed by atoms with Crippen molar-refractivity contribution in [3.05, 3.63) is 65.7 Å². The molecule has 2 aromatic carbocycles. The first-order chi connectivity index (χ1) is 17.4. The van der Waals surface area contributed by atoms with Crippen molar-refractivity contribution >= 4 is 23.5 Å². The molecule has 0 aromatic heterocycles. The van der Waals surface area contributed by atoms with E-state index in [2.05, 4.69) is 0 Å². The Morgan fingerprint density at radius 2 is 1.75 bits per heavy atom. The molecule has 2 saturated heterocycles. The van der Waals surface area contributed by atoms with E-state index >= 15 is 0 Å². The zero-order valence-electron chi connectivity index (χ0n) is 20.8. The van der Waals surface area contributed by atoms with Crippen LogP contribution in [-0.2, 0) is 24.5 Å². The van der Waals surface area contributed by atoms with Gasteiger partial charge in [0.1, 0.15) is 5.75 Å². The van der Waals surface area contributed by atoms with E-state index in [0.29, 0.717) is 42.8 Å². The zero-order chi connectivity index (χ0) is 25.7. The number of ether oxygens (including phenoxy) is 2. The average molecular weight is 493 g/mol. The molecule has 8 nitrogen and oxygen atoms in total. The van der Waals surface area contributed by atoms with Gasteiger partial charge in [-0.3, -0.25) is 24.1 Å². The first-order valence-corrected chi connectivity index (χ1v) is 12.3. The predicted octanol–water partition coefficient (Wildman–Crippen LogP) is 2.85. The molecule has 2 heterocycles. The summed E-state index contributed by atoms with van der Waals surface area (Å²) in [5.74, 6) is -0.836. The lowest BCUT2D eigenvalue weighted by molar-refractivity contribution is -0.143. The molecule has 190 valence electrons. The number of hydrogen-bond donors (Lipinski definition) is 0. The summed E-state index contributed by atoms with van der Waals surface area (Å²) in [7, 11) is 3.01. The molecule has 0 spiro atoms. The smallest absolute Gasteiger partial charge is 0.241 e. The second-order valence-electron chi connectivity index (χ2n) is 9.39. The highest BCUT2D eigenvalue weighted by Crippen LogP contribution is 2.44. The SMILES string of the molecule is COCCN1C(=O)C[C@](CC(=O)N2CCC[C@@H](C(=O)c3ccccc3)C2)(c2ccccc2OC)C1=O. The van der Waals surface area contributed by atoms with Gasteiger partial charge in [0.05, 0.1) is 25.7 Å². The molecule has 0 N–H and O–H groups in total. The van der Waals surface area contributed by atoms with E-state index in [-0.39, 0.29) is 49.5 Å². The number of rotatable bonds is 9. The van der Waals surface area contributed by atoms with Crippen molar-refractivity contribution in [2.75, 3.05) is 40.5 Å². The van der Waals surface area contributed by atoms with Gasteiger partial charge in [0.15, 0.2) is 5.78 Å². The highest BCUT2D eigenvalue weighted by atomic mass is 16.5. The van der Waals surface area contributed by atoms with Crippen LogP contribution in [0.15, 0.2) is 54.6 Å². The quantitative estimate of drug-likeness (QED) is 0.395. The van der Waals surface area contributed by atoms with Crippen LogP contribution in [0.25, 0.3) is 0 Å². The second-order valence-corrected chi connectivity index (χ2v) is 9.39. The van der Waals surface area contributed by atoms with Crippen molar-refractivity contribution < 1.29 is 28.7 Å². The number of benzene rings is 2. The fourth-order valence-electron chi connectivity index (χ4n) is 5.32. The van der Waals surface area contributed by atoms with E-state index in [1.807, 2.05) is 18.2 Å². The van der Waals surface area contributed by atoms with E-state index in [4.69, 9.17) is 9.47 Å². The van der Waals surface area contributed by atoms with Gasteiger partial charge in [0.25, 0.3) is 0 Å². The summed E-state index contributed by atoms with van der Waals surface area (Å²) in [6, 6.07) is 16.1. The minimum atomic E-state index is -1.37. The van der Waals surface area contributed by atoms with Crippen molar-refractivity contribution in [3.63, 3.8) is 0 Å². The van der Waals surface area contributed by atoms with E-state index in [1.54, 1.807) is 41.3 Å². The first kappa shape index (κ1) is 25.6. The van der Waals surface area contributed by atoms with E-state index in [1.165, 1.54) is 19.1 Å². The number of para-hydroxylation sites is 1. The van der Waals surface area contributed by atoms with Crippen LogP contribution in [0, 0.1) is 5.92 Å². The van der Waals surface area contributed by atoms with Crippen molar-refractivity contribution in [1.82, 2.24) is 9.80 Å². The van der Waals surface area contributed by atoms with Crippen LogP contribution in [0.5, 0.6) is 5.75 Å². The van der Waals surface area contributed by atoms with Crippen LogP contribution in [-0.4, -0.2) is 73.8 Å². The van der Waals surface area contributed by atoms with Crippen molar-refractivity contribution in [3.8, 4) is 5.75 Å². The number of carbonyl (C=O) groups is 4. The number of amides is 3. The molecule has 8 heteroatoms. The Morgan fingerprint density at radius 3 is 2.47 bits per heavy atom. The largest absolute Gasteiger partial charge is 0.496 e. The van der Waals surface area contributed by atoms with Gasteiger partial charge in [-0.15, -0.1) is 0 Å². The van der Waals surface area contributed by atoms with Crippen LogP contribution in [0.1, 0.15) is 41.6 Å². The lowest BCUT2D eigenvalue weighted by Gasteiger charge is -2.35. The van der Waals surface area contributed by atoms with Crippen LogP contribution >= 0.6 is 0 Å². The highest BCUT2D eigenvalue weighted by Gasteiger charge is 2.55. The zero-order valence-corrected chi connectivity index (χ0v) is 20.8. The monoisotopic (exact) mass is 492 g/mol. The first-order valence-electron chi connectivity index (χ1n) is 12.3. The number of likely N-dealkylation sites (tertiary alicyclic amines) is 2. The minimum absolute atomic E-state index is 0.0189. The van der Waals surface area contributed by atoms with Gasteiger partial charge < -0.3 is 14.4 Å². The van der Waals surface area contributed by atoms with Crippen LogP contribution < -0.4 is 4.74 Å². The summed E-state index contributed by atoms with van der Waals surface area (Å²) in [5, 5.41) is 0. The molecule has 0 radical (unpaired) electrons. The van der Waals surface area contributed by atoms with Crippen LogP contribution in [0.2, 0.25) is 0 Å². The van der Waals surface area contributed by atoms with Gasteiger partial charge in [-0.2, -0.15) is 0 Å². The number of nitrogens with zero attached hydrogens (tertiary/aromatic N) is 2. The van der Waals surface area contributed by atoms with E-state index < -0.39 is 11.3 Å². The van der Waals surface area contributed by atoms with E-state index in [9.17, 15) is 19.2 Å². The molecular weight excluding hydrogens is 460 g/mol. The average Bonchev–Trinajstić information content (AvgIpc) is 3.16. The molecule has 2 atom stereocenters. The second kappa shape index (κ2) is 11.0. The summed E-state index contributed by atoms with van der Waals surface area (Å²) in [4.78, 5) is 56.3. The Labute approximate surface area is 211 Å². The summed E-state index contributed by atoms with van der Waals surface area (Å²) in [5.41, 5.74) is -0.217. The topological polar surface area (TPSA) is 93.2 Å². The number of imide groups is 1. The Kier molecular flexibility index (Phi) is 7.84. The van der Waals surface area contributed by atoms with Gasteiger partial charge >= 0.3 is 0 Å². The molecule has 2 aliphatic rings. The number of piperidine rings is 1. The maximum atomic E-state index is 13.8. The Morgan fingerprint density at radius 1 is 1.03 bits per heavy atom. The maximum absolute atomic E-state index is 13.8. The molecular formula is C28H32N2O6. The minimum Gasteiger partial charge on any atom is -0.496 e. The molecule has 36 heavy (non-hydrogen) atoms. The Bertz CT molecular complexity index is 1130. The summed E-state index contributed by atoms with van der Waals surface area (Å²) >= 11 is 0. The normalized spacial score (nSPS) is 22.1. The molecule has 3 amide bonds. The lowest BCUT2D eigenvalue weighted by Crippen LogP contribution is -2.47. The molecule has 2 aliphatic heterocycles.